The third-order valence-corrected chi connectivity index (χ3v) is 3.94. The molecule has 1 saturated heterocycles. The van der Waals surface area contributed by atoms with Crippen LogP contribution in [0, 0.1) is 0 Å². The van der Waals surface area contributed by atoms with Crippen molar-refractivity contribution in [3.05, 3.63) is 0 Å². The molecule has 1 aliphatic heterocycles. The number of hydrogen-bond acceptors (Lipinski definition) is 3. The maximum absolute atomic E-state index is 5.63. The Bertz CT molecular complexity index is 208. The lowest BCUT2D eigenvalue weighted by Crippen LogP contribution is -2.56. The van der Waals surface area contributed by atoms with Crippen LogP contribution in [-0.4, -0.2) is 49.3 Å². The zero-order chi connectivity index (χ0) is 11.4. The average Bonchev–Trinajstić information content (AvgIpc) is 2.30. The van der Waals surface area contributed by atoms with Crippen molar-refractivity contribution in [3.63, 3.8) is 0 Å². The maximum atomic E-state index is 5.63. The topological polar surface area (TPSA) is 24.5 Å². The molecule has 0 spiro atoms. The van der Waals surface area contributed by atoms with Gasteiger partial charge in [0.2, 0.25) is 0 Å². The summed E-state index contributed by atoms with van der Waals surface area (Å²) in [4.78, 5) is 2.65. The van der Waals surface area contributed by atoms with Gasteiger partial charge in [-0.2, -0.15) is 0 Å². The number of rotatable bonds is 3. The van der Waals surface area contributed by atoms with E-state index in [0.717, 1.165) is 32.3 Å². The van der Waals surface area contributed by atoms with Crippen LogP contribution in [0.15, 0.2) is 0 Å². The summed E-state index contributed by atoms with van der Waals surface area (Å²) >= 11 is 0. The maximum Gasteiger partial charge on any atom is 0.0674 e. The first-order valence-corrected chi connectivity index (χ1v) is 6.90. The minimum Gasteiger partial charge on any atom is -0.376 e. The highest BCUT2D eigenvalue weighted by Gasteiger charge is 2.31. The number of likely N-dealkylation sites (N-methyl/N-ethyl adjacent to an activating group) is 1. The second-order valence-electron chi connectivity index (χ2n) is 5.19. The fourth-order valence-corrected chi connectivity index (χ4v) is 3.20. The van der Waals surface area contributed by atoms with Crippen LogP contribution in [-0.2, 0) is 4.74 Å². The zero-order valence-corrected chi connectivity index (χ0v) is 10.7. The van der Waals surface area contributed by atoms with Crippen molar-refractivity contribution in [1.82, 2.24) is 10.2 Å². The van der Waals surface area contributed by atoms with Crippen LogP contribution in [0.1, 0.15) is 39.5 Å². The van der Waals surface area contributed by atoms with Crippen molar-refractivity contribution >= 4 is 0 Å². The first-order valence-electron chi connectivity index (χ1n) is 6.90. The Morgan fingerprint density at radius 2 is 2.12 bits per heavy atom. The van der Waals surface area contributed by atoms with Crippen LogP contribution < -0.4 is 5.32 Å². The molecule has 2 fully saturated rings. The van der Waals surface area contributed by atoms with Gasteiger partial charge in [0.05, 0.1) is 12.7 Å². The Kier molecular flexibility index (Phi) is 4.62. The second kappa shape index (κ2) is 5.99. The van der Waals surface area contributed by atoms with Gasteiger partial charge in [0.15, 0.2) is 0 Å². The smallest absolute Gasteiger partial charge is 0.0674 e. The highest BCUT2D eigenvalue weighted by Crippen LogP contribution is 2.24. The van der Waals surface area contributed by atoms with E-state index in [2.05, 4.69) is 24.1 Å². The van der Waals surface area contributed by atoms with E-state index in [-0.39, 0.29) is 0 Å². The van der Waals surface area contributed by atoms with E-state index in [1.54, 1.807) is 0 Å². The molecular formula is C13H26N2O. The molecule has 1 aliphatic carbocycles. The summed E-state index contributed by atoms with van der Waals surface area (Å²) in [6, 6.07) is 1.46. The van der Waals surface area contributed by atoms with E-state index in [1.807, 2.05) is 0 Å². The van der Waals surface area contributed by atoms with Gasteiger partial charge >= 0.3 is 0 Å². The first-order chi connectivity index (χ1) is 7.81. The monoisotopic (exact) mass is 226 g/mol. The van der Waals surface area contributed by atoms with Crippen LogP contribution in [0.4, 0.5) is 0 Å². The first kappa shape index (κ1) is 12.3. The van der Waals surface area contributed by atoms with Gasteiger partial charge < -0.3 is 10.1 Å². The quantitative estimate of drug-likeness (QED) is 0.791. The number of hydrogen-bond donors (Lipinski definition) is 1. The van der Waals surface area contributed by atoms with Gasteiger partial charge in [-0.3, -0.25) is 4.90 Å². The Morgan fingerprint density at radius 3 is 2.88 bits per heavy atom. The molecule has 1 N–H and O–H groups in total. The summed E-state index contributed by atoms with van der Waals surface area (Å²) < 4.78 is 5.63. The lowest BCUT2D eigenvalue weighted by molar-refractivity contribution is -0.0448. The van der Waals surface area contributed by atoms with Crippen LogP contribution in [0.5, 0.6) is 0 Å². The minimum atomic E-state index is 0.415. The third kappa shape index (κ3) is 2.96. The Hall–Kier alpha value is -0.120. The summed E-state index contributed by atoms with van der Waals surface area (Å²) in [6.45, 7) is 8.66. The molecule has 0 radical (unpaired) electrons. The van der Waals surface area contributed by atoms with E-state index in [0.29, 0.717) is 12.1 Å². The van der Waals surface area contributed by atoms with E-state index < -0.39 is 0 Å². The molecule has 0 aromatic heterocycles. The Labute approximate surface area is 99.5 Å². The largest absolute Gasteiger partial charge is 0.376 e. The van der Waals surface area contributed by atoms with Crippen molar-refractivity contribution < 1.29 is 4.74 Å². The molecule has 2 aliphatic rings. The number of nitrogens with one attached hydrogen (secondary N) is 1. The molecule has 0 bridgehead atoms. The fourth-order valence-electron chi connectivity index (χ4n) is 3.20. The van der Waals surface area contributed by atoms with Gasteiger partial charge in [-0.05, 0) is 26.3 Å². The highest BCUT2D eigenvalue weighted by molar-refractivity contribution is 4.89. The molecule has 3 heteroatoms. The fraction of sp³-hybridized carbons (Fsp3) is 1.00. The van der Waals surface area contributed by atoms with Crippen LogP contribution in [0.2, 0.25) is 0 Å². The summed E-state index contributed by atoms with van der Waals surface area (Å²) in [5, 5.41) is 3.66. The highest BCUT2D eigenvalue weighted by atomic mass is 16.5. The van der Waals surface area contributed by atoms with Gasteiger partial charge in [-0.25, -0.2) is 0 Å². The van der Waals surface area contributed by atoms with Crippen molar-refractivity contribution in [1.29, 1.82) is 0 Å². The van der Waals surface area contributed by atoms with E-state index >= 15 is 0 Å². The number of morpholine rings is 1. The van der Waals surface area contributed by atoms with Crippen LogP contribution in [0.25, 0.3) is 0 Å². The number of nitrogens with zero attached hydrogens (tertiary/aromatic N) is 1. The number of ether oxygens (including phenoxy) is 1. The zero-order valence-electron chi connectivity index (χ0n) is 10.7. The second-order valence-corrected chi connectivity index (χ2v) is 5.19. The minimum absolute atomic E-state index is 0.415. The summed E-state index contributed by atoms with van der Waals surface area (Å²) in [7, 11) is 0. The van der Waals surface area contributed by atoms with Crippen molar-refractivity contribution in [3.8, 4) is 0 Å². The molecule has 3 nitrogen and oxygen atoms in total. The molecule has 3 unspecified atom stereocenters. The van der Waals surface area contributed by atoms with Gasteiger partial charge in [-0.15, -0.1) is 0 Å². The molecule has 16 heavy (non-hydrogen) atoms. The van der Waals surface area contributed by atoms with Gasteiger partial charge in [0.25, 0.3) is 0 Å². The van der Waals surface area contributed by atoms with Gasteiger partial charge in [0.1, 0.15) is 0 Å². The molecular weight excluding hydrogens is 200 g/mol. The predicted octanol–water partition coefficient (Wildman–Crippen LogP) is 1.63. The van der Waals surface area contributed by atoms with E-state index in [4.69, 9.17) is 4.74 Å². The Balaban J connectivity index is 1.93. The molecule has 1 heterocycles. The van der Waals surface area contributed by atoms with Crippen LogP contribution in [0.3, 0.4) is 0 Å². The summed E-state index contributed by atoms with van der Waals surface area (Å²) in [5.41, 5.74) is 0. The summed E-state index contributed by atoms with van der Waals surface area (Å²) in [6.07, 6.45) is 5.93. The average molecular weight is 226 g/mol. The van der Waals surface area contributed by atoms with E-state index in [9.17, 15) is 0 Å². The van der Waals surface area contributed by atoms with Gasteiger partial charge in [-0.1, -0.05) is 19.8 Å². The van der Waals surface area contributed by atoms with Crippen molar-refractivity contribution in [2.45, 2.75) is 57.7 Å². The predicted molar refractivity (Wildman–Crippen MR) is 66.7 cm³/mol. The van der Waals surface area contributed by atoms with Gasteiger partial charge in [0, 0.05) is 25.2 Å². The van der Waals surface area contributed by atoms with Crippen molar-refractivity contribution in [2.24, 2.45) is 0 Å². The lowest BCUT2D eigenvalue weighted by atomic mass is 9.88. The standard InChI is InChI=1S/C13H26N2O/c1-3-14-12-6-4-5-7-13(12)15-8-9-16-11(2)10-15/h11-14H,3-10H2,1-2H3. The van der Waals surface area contributed by atoms with Crippen LogP contribution >= 0.6 is 0 Å². The molecule has 0 aromatic rings. The van der Waals surface area contributed by atoms with Crippen molar-refractivity contribution in [2.75, 3.05) is 26.2 Å². The third-order valence-electron chi connectivity index (χ3n) is 3.94. The lowest BCUT2D eigenvalue weighted by Gasteiger charge is -2.43. The SMILES string of the molecule is CCNC1CCCCC1N1CCOC(C)C1. The molecule has 0 aromatic carbocycles. The molecule has 0 amide bonds. The Morgan fingerprint density at radius 1 is 1.31 bits per heavy atom. The van der Waals surface area contributed by atoms with E-state index in [1.165, 1.54) is 25.7 Å². The molecule has 3 atom stereocenters. The molecule has 1 saturated carbocycles. The normalized spacial score (nSPS) is 37.5. The molecule has 94 valence electrons. The molecule has 2 rings (SSSR count). The summed E-state index contributed by atoms with van der Waals surface area (Å²) in [5.74, 6) is 0.